The first-order valence-electron chi connectivity index (χ1n) is 7.68. The third kappa shape index (κ3) is 3.98. The van der Waals surface area contributed by atoms with Crippen LogP contribution >= 0.6 is 11.8 Å². The van der Waals surface area contributed by atoms with Crippen molar-refractivity contribution in [3.05, 3.63) is 0 Å². The van der Waals surface area contributed by atoms with Gasteiger partial charge in [0.2, 0.25) is 0 Å². The molecule has 0 amide bonds. The normalized spacial score (nSPS) is 33.1. The number of Topliss-reactive ketones (excluding diaryl/α,β-unsaturated/α-hetero) is 1. The van der Waals surface area contributed by atoms with Crippen LogP contribution in [0.2, 0.25) is 0 Å². The van der Waals surface area contributed by atoms with Crippen LogP contribution in [0.5, 0.6) is 0 Å². The Morgan fingerprint density at radius 1 is 1.32 bits per heavy atom. The summed E-state index contributed by atoms with van der Waals surface area (Å²) in [6, 6.07) is 0.702. The lowest BCUT2D eigenvalue weighted by Crippen LogP contribution is -2.41. The highest BCUT2D eigenvalue weighted by atomic mass is 32.2. The largest absolute Gasteiger partial charge is 0.302 e. The first kappa shape index (κ1) is 15.4. The first-order valence-corrected chi connectivity index (χ1v) is 8.84. The maximum atomic E-state index is 12.2. The van der Waals surface area contributed by atoms with Gasteiger partial charge in [-0.25, -0.2) is 0 Å². The second-order valence-electron chi connectivity index (χ2n) is 7.46. The molecule has 1 saturated carbocycles. The van der Waals surface area contributed by atoms with Crippen molar-refractivity contribution in [2.45, 2.75) is 52.5 Å². The summed E-state index contributed by atoms with van der Waals surface area (Å²) in [4.78, 5) is 14.6. The lowest BCUT2D eigenvalue weighted by molar-refractivity contribution is -0.127. The lowest BCUT2D eigenvalue weighted by Gasteiger charge is -2.38. The van der Waals surface area contributed by atoms with E-state index in [1.54, 1.807) is 0 Å². The first-order chi connectivity index (χ1) is 8.88. The molecule has 0 aromatic heterocycles. The Labute approximate surface area is 122 Å². The van der Waals surface area contributed by atoms with Crippen molar-refractivity contribution in [3.8, 4) is 0 Å². The Bertz CT molecular complexity index is 317. The van der Waals surface area contributed by atoms with E-state index in [9.17, 15) is 4.79 Å². The van der Waals surface area contributed by atoms with Gasteiger partial charge >= 0.3 is 0 Å². The number of nitrogens with zero attached hydrogens (tertiary/aromatic N) is 1. The molecule has 2 fully saturated rings. The molecule has 1 aliphatic heterocycles. The molecule has 0 aromatic carbocycles. The van der Waals surface area contributed by atoms with E-state index < -0.39 is 0 Å². The van der Waals surface area contributed by atoms with Gasteiger partial charge in [-0.05, 0) is 43.4 Å². The van der Waals surface area contributed by atoms with Gasteiger partial charge in [-0.1, -0.05) is 20.8 Å². The molecule has 2 nitrogen and oxygen atoms in total. The van der Waals surface area contributed by atoms with Crippen LogP contribution in [0.15, 0.2) is 0 Å². The van der Waals surface area contributed by atoms with Gasteiger partial charge in [0, 0.05) is 30.7 Å². The van der Waals surface area contributed by atoms with Crippen LogP contribution in [-0.4, -0.2) is 41.8 Å². The van der Waals surface area contributed by atoms with E-state index in [0.717, 1.165) is 25.8 Å². The van der Waals surface area contributed by atoms with Gasteiger partial charge in [0.15, 0.2) is 0 Å². The van der Waals surface area contributed by atoms with Crippen LogP contribution in [0.3, 0.4) is 0 Å². The standard InChI is InChI=1S/C16H29NOS/c1-16(2,3)13-5-6-15(18)12(9-13)10-17(4)14-7-8-19-11-14/h12-14H,5-11H2,1-4H3. The zero-order valence-electron chi connectivity index (χ0n) is 12.9. The molecular formula is C16H29NOS. The second-order valence-corrected chi connectivity index (χ2v) is 8.61. The number of carbonyl (C=O) groups excluding carboxylic acids is 1. The van der Waals surface area contributed by atoms with Gasteiger partial charge in [-0.15, -0.1) is 0 Å². The summed E-state index contributed by atoms with van der Waals surface area (Å²) < 4.78 is 0. The number of ketones is 1. The van der Waals surface area contributed by atoms with Crippen molar-refractivity contribution in [1.82, 2.24) is 4.90 Å². The van der Waals surface area contributed by atoms with Gasteiger partial charge in [0.25, 0.3) is 0 Å². The summed E-state index contributed by atoms with van der Waals surface area (Å²) >= 11 is 2.05. The second kappa shape index (κ2) is 6.17. The van der Waals surface area contributed by atoms with Crippen LogP contribution in [0, 0.1) is 17.3 Å². The average molecular weight is 283 g/mol. The van der Waals surface area contributed by atoms with E-state index in [1.807, 2.05) is 0 Å². The Kier molecular flexibility index (Phi) is 4.99. The Hall–Kier alpha value is -0.0200. The quantitative estimate of drug-likeness (QED) is 0.791. The van der Waals surface area contributed by atoms with E-state index in [-0.39, 0.29) is 5.92 Å². The Morgan fingerprint density at radius 2 is 2.05 bits per heavy atom. The van der Waals surface area contributed by atoms with E-state index in [1.165, 1.54) is 17.9 Å². The molecule has 3 heteroatoms. The fourth-order valence-corrected chi connectivity index (χ4v) is 4.74. The fourth-order valence-electron chi connectivity index (χ4n) is 3.44. The van der Waals surface area contributed by atoms with Crippen molar-refractivity contribution >= 4 is 17.5 Å². The van der Waals surface area contributed by atoms with Crippen molar-refractivity contribution in [2.75, 3.05) is 25.1 Å². The minimum Gasteiger partial charge on any atom is -0.302 e. The van der Waals surface area contributed by atoms with Gasteiger partial charge in [-0.3, -0.25) is 4.79 Å². The molecule has 0 aromatic rings. The van der Waals surface area contributed by atoms with Crippen LogP contribution in [0.25, 0.3) is 0 Å². The molecule has 0 spiro atoms. The molecule has 2 rings (SSSR count). The summed E-state index contributed by atoms with van der Waals surface area (Å²) in [5.41, 5.74) is 0.348. The summed E-state index contributed by atoms with van der Waals surface area (Å²) in [6.07, 6.45) is 4.30. The molecular weight excluding hydrogens is 254 g/mol. The maximum Gasteiger partial charge on any atom is 0.137 e. The monoisotopic (exact) mass is 283 g/mol. The summed E-state index contributed by atoms with van der Waals surface area (Å²) in [5.74, 6) is 4.05. The highest BCUT2D eigenvalue weighted by Gasteiger charge is 2.36. The molecule has 3 atom stereocenters. The number of carbonyl (C=O) groups is 1. The van der Waals surface area contributed by atoms with Crippen molar-refractivity contribution in [1.29, 1.82) is 0 Å². The zero-order valence-corrected chi connectivity index (χ0v) is 13.8. The summed E-state index contributed by atoms with van der Waals surface area (Å²) in [5, 5.41) is 0. The predicted octanol–water partition coefficient (Wildman–Crippen LogP) is 3.46. The minimum atomic E-state index is 0.286. The van der Waals surface area contributed by atoms with Crippen molar-refractivity contribution in [3.63, 3.8) is 0 Å². The third-order valence-electron chi connectivity index (χ3n) is 5.03. The maximum absolute atomic E-state index is 12.2. The zero-order chi connectivity index (χ0) is 14.0. The predicted molar refractivity (Wildman–Crippen MR) is 83.7 cm³/mol. The number of rotatable bonds is 3. The van der Waals surface area contributed by atoms with Gasteiger partial charge in [0.05, 0.1) is 0 Å². The third-order valence-corrected chi connectivity index (χ3v) is 6.17. The number of hydrogen-bond donors (Lipinski definition) is 0. The molecule has 1 heterocycles. The van der Waals surface area contributed by atoms with E-state index >= 15 is 0 Å². The van der Waals surface area contributed by atoms with Gasteiger partial charge in [-0.2, -0.15) is 11.8 Å². The molecule has 19 heavy (non-hydrogen) atoms. The lowest BCUT2D eigenvalue weighted by atomic mass is 9.68. The molecule has 3 unspecified atom stereocenters. The van der Waals surface area contributed by atoms with Crippen LogP contribution < -0.4 is 0 Å². The topological polar surface area (TPSA) is 20.3 Å². The fraction of sp³-hybridized carbons (Fsp3) is 0.938. The van der Waals surface area contributed by atoms with Gasteiger partial charge < -0.3 is 4.90 Å². The summed E-state index contributed by atoms with van der Waals surface area (Å²) in [6.45, 7) is 7.95. The average Bonchev–Trinajstić information content (AvgIpc) is 2.84. The molecule has 1 aliphatic carbocycles. The van der Waals surface area contributed by atoms with Crippen molar-refractivity contribution < 1.29 is 4.79 Å². The summed E-state index contributed by atoms with van der Waals surface area (Å²) in [7, 11) is 2.21. The number of hydrogen-bond acceptors (Lipinski definition) is 3. The Morgan fingerprint density at radius 3 is 2.63 bits per heavy atom. The highest BCUT2D eigenvalue weighted by molar-refractivity contribution is 7.99. The number of thioether (sulfide) groups is 1. The van der Waals surface area contributed by atoms with E-state index in [4.69, 9.17) is 0 Å². The van der Waals surface area contributed by atoms with Crippen LogP contribution in [-0.2, 0) is 4.79 Å². The molecule has 0 N–H and O–H groups in total. The van der Waals surface area contributed by atoms with Gasteiger partial charge in [0.1, 0.15) is 5.78 Å². The molecule has 1 saturated heterocycles. The van der Waals surface area contributed by atoms with E-state index in [0.29, 0.717) is 23.2 Å². The molecule has 0 radical (unpaired) electrons. The molecule has 0 bridgehead atoms. The molecule has 110 valence electrons. The minimum absolute atomic E-state index is 0.286. The van der Waals surface area contributed by atoms with E-state index in [2.05, 4.69) is 44.5 Å². The smallest absolute Gasteiger partial charge is 0.137 e. The Balaban J connectivity index is 1.91. The van der Waals surface area contributed by atoms with Crippen molar-refractivity contribution in [2.24, 2.45) is 17.3 Å². The SMILES string of the molecule is CN(CC1CC(C(C)(C)C)CCC1=O)C1CCSC1. The van der Waals surface area contributed by atoms with Crippen LogP contribution in [0.1, 0.15) is 46.5 Å². The highest BCUT2D eigenvalue weighted by Crippen LogP contribution is 2.39. The molecule has 2 aliphatic rings. The van der Waals surface area contributed by atoms with Crippen LogP contribution in [0.4, 0.5) is 0 Å².